The maximum atomic E-state index is 12.7. The van der Waals surface area contributed by atoms with E-state index in [9.17, 15) is 4.79 Å². The molecule has 1 heterocycles. The number of hydrogen-bond acceptors (Lipinski definition) is 4. The fraction of sp³-hybridized carbons (Fsp3) is 0.174. The summed E-state index contributed by atoms with van der Waals surface area (Å²) in [4.78, 5) is 12.7. The number of nitrogens with one attached hydrogen (secondary N) is 1. The number of carbonyl (C=O) groups is 1. The number of amides is 1. The third kappa shape index (κ3) is 3.51. The quantitative estimate of drug-likeness (QED) is 0.491. The standard InChI is InChI=1S/C23H21NO4/c1-3-20(27-17-8-6-7-16(14-17)26-2)23(25)24-15-11-12-19-18-9-4-5-10-21(18)28-22(19)13-15/h4-14,20H,3H2,1-2H3,(H,24,25)/t20-/m1/s1. The van der Waals surface area contributed by atoms with Crippen molar-refractivity contribution in [1.82, 2.24) is 0 Å². The van der Waals surface area contributed by atoms with Crippen LogP contribution in [0, 0.1) is 0 Å². The van der Waals surface area contributed by atoms with E-state index in [1.807, 2.05) is 61.5 Å². The molecular formula is C23H21NO4. The van der Waals surface area contributed by atoms with Crippen LogP contribution < -0.4 is 14.8 Å². The Hall–Kier alpha value is -3.47. The first-order valence-electron chi connectivity index (χ1n) is 9.21. The molecule has 0 radical (unpaired) electrons. The van der Waals surface area contributed by atoms with Crippen LogP contribution in [0.1, 0.15) is 13.3 Å². The lowest BCUT2D eigenvalue weighted by molar-refractivity contribution is -0.122. The van der Waals surface area contributed by atoms with E-state index in [1.54, 1.807) is 19.2 Å². The third-order valence-corrected chi connectivity index (χ3v) is 4.63. The Kier molecular flexibility index (Phi) is 4.89. The molecule has 4 rings (SSSR count). The lowest BCUT2D eigenvalue weighted by Crippen LogP contribution is -2.32. The number of furan rings is 1. The minimum atomic E-state index is -0.613. The molecule has 1 aromatic heterocycles. The summed E-state index contributed by atoms with van der Waals surface area (Å²) >= 11 is 0. The molecule has 0 saturated carbocycles. The van der Waals surface area contributed by atoms with Gasteiger partial charge in [-0.2, -0.15) is 0 Å². The van der Waals surface area contributed by atoms with Crippen LogP contribution in [0.5, 0.6) is 11.5 Å². The largest absolute Gasteiger partial charge is 0.497 e. The minimum absolute atomic E-state index is 0.208. The number of hydrogen-bond donors (Lipinski definition) is 1. The van der Waals surface area contributed by atoms with Gasteiger partial charge in [-0.15, -0.1) is 0 Å². The van der Waals surface area contributed by atoms with Crippen LogP contribution in [-0.2, 0) is 4.79 Å². The van der Waals surface area contributed by atoms with Gasteiger partial charge in [-0.05, 0) is 36.8 Å². The highest BCUT2D eigenvalue weighted by molar-refractivity contribution is 6.06. The maximum Gasteiger partial charge on any atom is 0.265 e. The van der Waals surface area contributed by atoms with Crippen molar-refractivity contribution in [2.24, 2.45) is 0 Å². The number of anilines is 1. The van der Waals surface area contributed by atoms with Crippen LogP contribution in [0.25, 0.3) is 21.9 Å². The normalized spacial score (nSPS) is 12.1. The molecule has 5 heteroatoms. The summed E-state index contributed by atoms with van der Waals surface area (Å²) in [7, 11) is 1.59. The number of rotatable bonds is 6. The van der Waals surface area contributed by atoms with Crippen LogP contribution in [0.15, 0.2) is 71.1 Å². The van der Waals surface area contributed by atoms with Crippen molar-refractivity contribution >= 4 is 33.5 Å². The van der Waals surface area contributed by atoms with Gasteiger partial charge in [-0.3, -0.25) is 4.79 Å². The molecule has 142 valence electrons. The number of para-hydroxylation sites is 1. The average molecular weight is 375 g/mol. The van der Waals surface area contributed by atoms with Crippen molar-refractivity contribution in [3.63, 3.8) is 0 Å². The molecule has 0 spiro atoms. The second kappa shape index (κ2) is 7.64. The summed E-state index contributed by atoms with van der Waals surface area (Å²) < 4.78 is 16.9. The van der Waals surface area contributed by atoms with E-state index in [0.29, 0.717) is 23.6 Å². The SMILES string of the molecule is CC[C@@H](Oc1cccc(OC)c1)C(=O)Nc1ccc2c(c1)oc1ccccc12. The Bertz CT molecular complexity index is 1130. The summed E-state index contributed by atoms with van der Waals surface area (Å²) in [5.41, 5.74) is 2.23. The van der Waals surface area contributed by atoms with Gasteiger partial charge in [0.2, 0.25) is 0 Å². The molecule has 0 fully saturated rings. The summed E-state index contributed by atoms with van der Waals surface area (Å²) in [5, 5.41) is 5.00. The zero-order valence-electron chi connectivity index (χ0n) is 15.8. The molecule has 0 aliphatic carbocycles. The topological polar surface area (TPSA) is 60.7 Å². The molecule has 0 aliphatic rings. The summed E-state index contributed by atoms with van der Waals surface area (Å²) in [6.45, 7) is 1.91. The molecule has 5 nitrogen and oxygen atoms in total. The number of ether oxygens (including phenoxy) is 2. The van der Waals surface area contributed by atoms with Gasteiger partial charge >= 0.3 is 0 Å². The van der Waals surface area contributed by atoms with Gasteiger partial charge in [0.05, 0.1) is 7.11 Å². The fourth-order valence-electron chi connectivity index (χ4n) is 3.19. The second-order valence-corrected chi connectivity index (χ2v) is 6.49. The fourth-order valence-corrected chi connectivity index (χ4v) is 3.19. The average Bonchev–Trinajstić information content (AvgIpc) is 3.09. The Morgan fingerprint density at radius 2 is 1.75 bits per heavy atom. The smallest absolute Gasteiger partial charge is 0.265 e. The highest BCUT2D eigenvalue weighted by Gasteiger charge is 2.19. The molecule has 1 atom stereocenters. The van der Waals surface area contributed by atoms with Crippen molar-refractivity contribution in [1.29, 1.82) is 0 Å². The summed E-state index contributed by atoms with van der Waals surface area (Å²) in [6.07, 6.45) is -0.0749. The summed E-state index contributed by atoms with van der Waals surface area (Å²) in [5.74, 6) is 1.07. The molecule has 0 saturated heterocycles. The van der Waals surface area contributed by atoms with Gasteiger partial charge < -0.3 is 19.2 Å². The van der Waals surface area contributed by atoms with Crippen molar-refractivity contribution in [2.45, 2.75) is 19.4 Å². The molecule has 0 unspecified atom stereocenters. The number of methoxy groups -OCH3 is 1. The second-order valence-electron chi connectivity index (χ2n) is 6.49. The Morgan fingerprint density at radius 1 is 0.964 bits per heavy atom. The molecule has 0 aliphatic heterocycles. The van der Waals surface area contributed by atoms with Gasteiger partial charge in [0.15, 0.2) is 6.10 Å². The van der Waals surface area contributed by atoms with Crippen molar-refractivity contribution < 1.29 is 18.7 Å². The predicted molar refractivity (Wildman–Crippen MR) is 110 cm³/mol. The zero-order chi connectivity index (χ0) is 19.5. The Morgan fingerprint density at radius 3 is 2.57 bits per heavy atom. The molecule has 1 N–H and O–H groups in total. The van der Waals surface area contributed by atoms with Gasteiger partial charge in [-0.1, -0.05) is 31.2 Å². The monoisotopic (exact) mass is 375 g/mol. The molecule has 1 amide bonds. The van der Waals surface area contributed by atoms with Gasteiger partial charge in [0, 0.05) is 28.6 Å². The zero-order valence-corrected chi connectivity index (χ0v) is 15.8. The molecule has 28 heavy (non-hydrogen) atoms. The third-order valence-electron chi connectivity index (χ3n) is 4.63. The van der Waals surface area contributed by atoms with Gasteiger partial charge in [0.25, 0.3) is 5.91 Å². The van der Waals surface area contributed by atoms with E-state index in [0.717, 1.165) is 21.9 Å². The maximum absolute atomic E-state index is 12.7. The number of carbonyl (C=O) groups excluding carboxylic acids is 1. The predicted octanol–water partition coefficient (Wildman–Crippen LogP) is 5.39. The van der Waals surface area contributed by atoms with E-state index in [4.69, 9.17) is 13.9 Å². The Balaban J connectivity index is 1.53. The van der Waals surface area contributed by atoms with Gasteiger partial charge in [0.1, 0.15) is 22.7 Å². The highest BCUT2D eigenvalue weighted by atomic mass is 16.5. The highest BCUT2D eigenvalue weighted by Crippen LogP contribution is 2.30. The van der Waals surface area contributed by atoms with E-state index in [2.05, 4.69) is 5.32 Å². The molecule has 3 aromatic carbocycles. The Labute approximate surface area is 162 Å². The first kappa shape index (κ1) is 17.9. The van der Waals surface area contributed by atoms with Crippen LogP contribution >= 0.6 is 0 Å². The molecule has 4 aromatic rings. The van der Waals surface area contributed by atoms with Crippen molar-refractivity contribution in [2.75, 3.05) is 12.4 Å². The van der Waals surface area contributed by atoms with Crippen LogP contribution in [-0.4, -0.2) is 19.1 Å². The van der Waals surface area contributed by atoms with Crippen LogP contribution in [0.3, 0.4) is 0 Å². The lowest BCUT2D eigenvalue weighted by atomic mass is 10.1. The first-order chi connectivity index (χ1) is 13.7. The van der Waals surface area contributed by atoms with E-state index >= 15 is 0 Å². The molecular weight excluding hydrogens is 354 g/mol. The van der Waals surface area contributed by atoms with Crippen LogP contribution in [0.2, 0.25) is 0 Å². The number of fused-ring (bicyclic) bond motifs is 3. The van der Waals surface area contributed by atoms with Crippen molar-refractivity contribution in [3.8, 4) is 11.5 Å². The van der Waals surface area contributed by atoms with E-state index in [-0.39, 0.29) is 5.91 Å². The first-order valence-corrected chi connectivity index (χ1v) is 9.21. The van der Waals surface area contributed by atoms with E-state index < -0.39 is 6.10 Å². The van der Waals surface area contributed by atoms with Crippen LogP contribution in [0.4, 0.5) is 5.69 Å². The molecule has 0 bridgehead atoms. The van der Waals surface area contributed by atoms with Gasteiger partial charge in [-0.25, -0.2) is 0 Å². The van der Waals surface area contributed by atoms with E-state index in [1.165, 1.54) is 0 Å². The summed E-state index contributed by atoms with van der Waals surface area (Å²) in [6, 6.07) is 20.8. The number of benzene rings is 3. The minimum Gasteiger partial charge on any atom is -0.497 e. The van der Waals surface area contributed by atoms with Crippen molar-refractivity contribution in [3.05, 3.63) is 66.7 Å². The lowest BCUT2D eigenvalue weighted by Gasteiger charge is -2.17.